The summed E-state index contributed by atoms with van der Waals surface area (Å²) >= 11 is 0. The monoisotopic (exact) mass is 315 g/mol. The fourth-order valence-corrected chi connectivity index (χ4v) is 2.45. The molecule has 8 heteroatoms. The Labute approximate surface area is 124 Å². The van der Waals surface area contributed by atoms with Crippen LogP contribution in [0.2, 0.25) is 0 Å². The van der Waals surface area contributed by atoms with Crippen LogP contribution in [0.5, 0.6) is 0 Å². The minimum atomic E-state index is -3.62. The van der Waals surface area contributed by atoms with Gasteiger partial charge in [-0.15, -0.1) is 0 Å². The van der Waals surface area contributed by atoms with Crippen LogP contribution >= 0.6 is 0 Å². The lowest BCUT2D eigenvalue weighted by Crippen LogP contribution is -2.48. The number of carbonyl (C=O) groups is 1. The number of sulfonamides is 1. The summed E-state index contributed by atoms with van der Waals surface area (Å²) in [5.41, 5.74) is -0.819. The number of pyridine rings is 1. The van der Waals surface area contributed by atoms with Gasteiger partial charge in [0.2, 0.25) is 0 Å². The fourth-order valence-electron chi connectivity index (χ4n) is 1.80. The van der Waals surface area contributed by atoms with E-state index in [1.165, 1.54) is 25.4 Å². The Morgan fingerprint density at radius 1 is 1.43 bits per heavy atom. The highest BCUT2D eigenvalue weighted by Crippen LogP contribution is 2.13. The molecule has 1 atom stereocenters. The van der Waals surface area contributed by atoms with Crippen LogP contribution in [0.25, 0.3) is 0 Å². The molecule has 1 aromatic rings. The second kappa shape index (κ2) is 6.50. The predicted octanol–water partition coefficient (Wildman–Crippen LogP) is 0.269. The molecule has 0 saturated carbocycles. The highest BCUT2D eigenvalue weighted by Gasteiger charge is 2.27. The van der Waals surface area contributed by atoms with Crippen molar-refractivity contribution in [3.8, 4) is 0 Å². The molecular weight excluding hydrogens is 294 g/mol. The van der Waals surface area contributed by atoms with Gasteiger partial charge in [-0.3, -0.25) is 4.79 Å². The number of aliphatic hydroxyl groups is 1. The molecule has 1 amide bonds. The standard InChI is InChI=1S/C13H21N3O4S/c1-5-10(13(2,3)18)16-12(17)9-6-7-11(15-8-9)21(19,20)14-4/h6-8,10,14,18H,5H2,1-4H3,(H,16,17)/t10-/m1/s1. The molecule has 3 N–H and O–H groups in total. The maximum Gasteiger partial charge on any atom is 0.257 e. The molecule has 118 valence electrons. The van der Waals surface area contributed by atoms with E-state index in [-0.39, 0.29) is 10.6 Å². The fraction of sp³-hybridized carbons (Fsp3) is 0.538. The summed E-state index contributed by atoms with van der Waals surface area (Å²) in [6.45, 7) is 5.08. The molecule has 21 heavy (non-hydrogen) atoms. The molecule has 0 radical (unpaired) electrons. The SMILES string of the molecule is CC[C@@H](NC(=O)c1ccc(S(=O)(=O)NC)nc1)C(C)(C)O. The van der Waals surface area contributed by atoms with Crippen LogP contribution in [-0.4, -0.2) is 43.1 Å². The van der Waals surface area contributed by atoms with Crippen LogP contribution in [0.4, 0.5) is 0 Å². The van der Waals surface area contributed by atoms with E-state index in [0.29, 0.717) is 6.42 Å². The van der Waals surface area contributed by atoms with Crippen molar-refractivity contribution in [1.82, 2.24) is 15.0 Å². The lowest BCUT2D eigenvalue weighted by molar-refractivity contribution is 0.0337. The highest BCUT2D eigenvalue weighted by molar-refractivity contribution is 7.89. The zero-order chi connectivity index (χ0) is 16.3. The smallest absolute Gasteiger partial charge is 0.257 e. The molecule has 1 aromatic heterocycles. The van der Waals surface area contributed by atoms with E-state index in [2.05, 4.69) is 15.0 Å². The molecule has 0 unspecified atom stereocenters. The third-order valence-corrected chi connectivity index (χ3v) is 4.44. The van der Waals surface area contributed by atoms with Gasteiger partial charge in [0, 0.05) is 6.20 Å². The van der Waals surface area contributed by atoms with Gasteiger partial charge < -0.3 is 10.4 Å². The van der Waals surface area contributed by atoms with Crippen LogP contribution in [0, 0.1) is 0 Å². The number of nitrogens with zero attached hydrogens (tertiary/aromatic N) is 1. The summed E-state index contributed by atoms with van der Waals surface area (Å²) in [5.74, 6) is -0.412. The van der Waals surface area contributed by atoms with Crippen molar-refractivity contribution >= 4 is 15.9 Å². The second-order valence-corrected chi connectivity index (χ2v) is 7.01. The van der Waals surface area contributed by atoms with E-state index >= 15 is 0 Å². The molecule has 1 rings (SSSR count). The van der Waals surface area contributed by atoms with Crippen LogP contribution in [0.1, 0.15) is 37.6 Å². The number of aromatic nitrogens is 1. The molecular formula is C13H21N3O4S. The topological polar surface area (TPSA) is 108 Å². The highest BCUT2D eigenvalue weighted by atomic mass is 32.2. The van der Waals surface area contributed by atoms with E-state index < -0.39 is 27.6 Å². The summed E-state index contributed by atoms with van der Waals surface area (Å²) in [4.78, 5) is 15.8. The second-order valence-electron chi connectivity index (χ2n) is 5.18. The van der Waals surface area contributed by atoms with Crippen LogP contribution in [0.15, 0.2) is 23.4 Å². The summed E-state index contributed by atoms with van der Waals surface area (Å²) < 4.78 is 25.2. The zero-order valence-corrected chi connectivity index (χ0v) is 13.4. The van der Waals surface area contributed by atoms with Crippen molar-refractivity contribution in [2.45, 2.75) is 43.9 Å². The van der Waals surface area contributed by atoms with Crippen LogP contribution in [0.3, 0.4) is 0 Å². The minimum absolute atomic E-state index is 0.156. The molecule has 0 aliphatic rings. The van der Waals surface area contributed by atoms with Crippen molar-refractivity contribution in [3.05, 3.63) is 23.9 Å². The van der Waals surface area contributed by atoms with Gasteiger partial charge in [-0.1, -0.05) is 6.92 Å². The Morgan fingerprint density at radius 3 is 2.43 bits per heavy atom. The van der Waals surface area contributed by atoms with Gasteiger partial charge in [-0.25, -0.2) is 18.1 Å². The Balaban J connectivity index is 2.90. The first kappa shape index (κ1) is 17.5. The van der Waals surface area contributed by atoms with Crippen molar-refractivity contribution in [3.63, 3.8) is 0 Å². The maximum absolute atomic E-state index is 12.1. The first-order valence-corrected chi connectivity index (χ1v) is 8.03. The van der Waals surface area contributed by atoms with Crippen molar-refractivity contribution < 1.29 is 18.3 Å². The molecule has 0 saturated heterocycles. The molecule has 0 aliphatic carbocycles. The summed E-state index contributed by atoms with van der Waals surface area (Å²) in [6.07, 6.45) is 1.76. The molecule has 0 bridgehead atoms. The quantitative estimate of drug-likeness (QED) is 0.698. The third-order valence-electron chi connectivity index (χ3n) is 3.11. The number of hydrogen-bond acceptors (Lipinski definition) is 5. The number of amides is 1. The van der Waals surface area contributed by atoms with Gasteiger partial charge in [0.1, 0.15) is 0 Å². The molecule has 0 aliphatic heterocycles. The minimum Gasteiger partial charge on any atom is -0.388 e. The number of nitrogens with one attached hydrogen (secondary N) is 2. The summed E-state index contributed by atoms with van der Waals surface area (Å²) in [5, 5.41) is 12.5. The van der Waals surface area contributed by atoms with E-state index in [0.717, 1.165) is 0 Å². The van der Waals surface area contributed by atoms with Gasteiger partial charge in [0.15, 0.2) is 5.03 Å². The first-order valence-electron chi connectivity index (χ1n) is 6.54. The number of rotatable bonds is 6. The Bertz CT molecular complexity index is 591. The van der Waals surface area contributed by atoms with Crippen LogP contribution < -0.4 is 10.0 Å². The van der Waals surface area contributed by atoms with E-state index in [9.17, 15) is 18.3 Å². The maximum atomic E-state index is 12.1. The molecule has 0 fully saturated rings. The normalized spacial score (nSPS) is 13.8. The van der Waals surface area contributed by atoms with Gasteiger partial charge in [-0.05, 0) is 39.4 Å². The summed E-state index contributed by atoms with van der Waals surface area (Å²) in [7, 11) is -2.34. The lowest BCUT2D eigenvalue weighted by atomic mass is 9.96. The number of carbonyl (C=O) groups excluding carboxylic acids is 1. The molecule has 0 spiro atoms. The van der Waals surface area contributed by atoms with Gasteiger partial charge in [-0.2, -0.15) is 0 Å². The first-order chi connectivity index (χ1) is 9.61. The van der Waals surface area contributed by atoms with Crippen molar-refractivity contribution in [2.24, 2.45) is 0 Å². The van der Waals surface area contributed by atoms with Gasteiger partial charge >= 0.3 is 0 Å². The zero-order valence-electron chi connectivity index (χ0n) is 12.5. The average Bonchev–Trinajstić information content (AvgIpc) is 2.43. The predicted molar refractivity (Wildman–Crippen MR) is 78.3 cm³/mol. The van der Waals surface area contributed by atoms with Crippen LogP contribution in [-0.2, 0) is 10.0 Å². The van der Waals surface area contributed by atoms with Crippen molar-refractivity contribution in [1.29, 1.82) is 0 Å². The Morgan fingerprint density at radius 2 is 2.05 bits per heavy atom. The third kappa shape index (κ3) is 4.48. The van der Waals surface area contributed by atoms with Gasteiger partial charge in [0.05, 0.1) is 17.2 Å². The number of hydrogen-bond donors (Lipinski definition) is 3. The molecule has 7 nitrogen and oxygen atoms in total. The molecule has 0 aromatic carbocycles. The molecule has 1 heterocycles. The Hall–Kier alpha value is -1.51. The summed E-state index contributed by atoms with van der Waals surface area (Å²) in [6, 6.07) is 2.22. The van der Waals surface area contributed by atoms with E-state index in [1.807, 2.05) is 6.92 Å². The Kier molecular flexibility index (Phi) is 5.43. The van der Waals surface area contributed by atoms with E-state index in [1.54, 1.807) is 13.8 Å². The lowest BCUT2D eigenvalue weighted by Gasteiger charge is -2.29. The van der Waals surface area contributed by atoms with Gasteiger partial charge in [0.25, 0.3) is 15.9 Å². The van der Waals surface area contributed by atoms with E-state index in [4.69, 9.17) is 0 Å². The average molecular weight is 315 g/mol. The largest absolute Gasteiger partial charge is 0.388 e. The van der Waals surface area contributed by atoms with Crippen molar-refractivity contribution in [2.75, 3.05) is 7.05 Å².